The third-order valence-electron chi connectivity index (χ3n) is 4.46. The highest BCUT2D eigenvalue weighted by molar-refractivity contribution is 7.89. The Morgan fingerprint density at radius 3 is 2.61 bits per heavy atom. The number of nitrogens with one attached hydrogen (secondary N) is 1. The molecule has 0 saturated carbocycles. The average molecular weight is 465 g/mol. The van der Waals surface area contributed by atoms with E-state index in [4.69, 9.17) is 21.1 Å². The van der Waals surface area contributed by atoms with Gasteiger partial charge < -0.3 is 14.8 Å². The van der Waals surface area contributed by atoms with Crippen LogP contribution in [0.25, 0.3) is 6.08 Å². The zero-order chi connectivity index (χ0) is 22.4. The topological polar surface area (TPSA) is 84.9 Å². The summed E-state index contributed by atoms with van der Waals surface area (Å²) in [7, 11) is -3.71. The van der Waals surface area contributed by atoms with Crippen LogP contribution in [0.5, 0.6) is 5.75 Å². The summed E-state index contributed by atoms with van der Waals surface area (Å²) in [4.78, 5) is 12.6. The van der Waals surface area contributed by atoms with Gasteiger partial charge in [0.15, 0.2) is 0 Å². The summed E-state index contributed by atoms with van der Waals surface area (Å²) in [5.74, 6) is -0.0325. The van der Waals surface area contributed by atoms with Crippen molar-refractivity contribution in [3.63, 3.8) is 0 Å². The van der Waals surface area contributed by atoms with Gasteiger partial charge in [-0.1, -0.05) is 23.7 Å². The molecule has 31 heavy (non-hydrogen) atoms. The lowest BCUT2D eigenvalue weighted by atomic mass is 10.2. The molecule has 1 aliphatic heterocycles. The highest BCUT2D eigenvalue weighted by Crippen LogP contribution is 2.30. The van der Waals surface area contributed by atoms with Crippen LogP contribution in [0.1, 0.15) is 19.4 Å². The molecule has 1 saturated heterocycles. The van der Waals surface area contributed by atoms with Gasteiger partial charge in [-0.3, -0.25) is 4.79 Å². The van der Waals surface area contributed by atoms with Gasteiger partial charge in [-0.2, -0.15) is 4.31 Å². The minimum atomic E-state index is -3.71. The SMILES string of the molecule is CC(C)Oc1ccc(S(=O)(=O)N2CCOCC2)cc1NC(=O)/C=C/c1cccc(Cl)c1. The minimum absolute atomic E-state index is 0.0830. The Labute approximate surface area is 187 Å². The molecule has 0 unspecified atom stereocenters. The van der Waals surface area contributed by atoms with Gasteiger partial charge in [-0.05, 0) is 55.8 Å². The molecule has 1 N–H and O–H groups in total. The fourth-order valence-electron chi connectivity index (χ4n) is 3.02. The summed E-state index contributed by atoms with van der Waals surface area (Å²) in [5, 5.41) is 3.29. The zero-order valence-electron chi connectivity index (χ0n) is 17.4. The first-order valence-corrected chi connectivity index (χ1v) is 11.7. The Morgan fingerprint density at radius 2 is 1.94 bits per heavy atom. The summed E-state index contributed by atoms with van der Waals surface area (Å²) in [5.41, 5.74) is 1.05. The summed E-state index contributed by atoms with van der Waals surface area (Å²) < 4.78 is 38.4. The lowest BCUT2D eigenvalue weighted by Crippen LogP contribution is -2.40. The number of carbonyl (C=O) groups excluding carboxylic acids is 1. The molecule has 1 fully saturated rings. The van der Waals surface area contributed by atoms with Gasteiger partial charge in [0.25, 0.3) is 0 Å². The molecule has 1 heterocycles. The zero-order valence-corrected chi connectivity index (χ0v) is 18.9. The lowest BCUT2D eigenvalue weighted by Gasteiger charge is -2.26. The van der Waals surface area contributed by atoms with Crippen molar-refractivity contribution >= 4 is 39.3 Å². The van der Waals surface area contributed by atoms with Gasteiger partial charge in [-0.25, -0.2) is 8.42 Å². The summed E-state index contributed by atoms with van der Waals surface area (Å²) in [6, 6.07) is 11.5. The summed E-state index contributed by atoms with van der Waals surface area (Å²) in [6.07, 6.45) is 2.83. The molecule has 1 aliphatic rings. The maximum Gasteiger partial charge on any atom is 0.248 e. The minimum Gasteiger partial charge on any atom is -0.489 e. The van der Waals surface area contributed by atoms with Crippen LogP contribution in [0.15, 0.2) is 53.4 Å². The van der Waals surface area contributed by atoms with E-state index in [-0.39, 0.29) is 29.8 Å². The third kappa shape index (κ3) is 6.30. The van der Waals surface area contributed by atoms with Crippen molar-refractivity contribution in [3.05, 3.63) is 59.1 Å². The molecule has 2 aromatic rings. The monoisotopic (exact) mass is 464 g/mol. The number of anilines is 1. The lowest BCUT2D eigenvalue weighted by molar-refractivity contribution is -0.111. The van der Waals surface area contributed by atoms with E-state index >= 15 is 0 Å². The second-order valence-corrected chi connectivity index (χ2v) is 9.59. The van der Waals surface area contributed by atoms with E-state index in [0.717, 1.165) is 5.56 Å². The fourth-order valence-corrected chi connectivity index (χ4v) is 4.65. The van der Waals surface area contributed by atoms with E-state index < -0.39 is 15.9 Å². The first-order chi connectivity index (χ1) is 14.8. The van der Waals surface area contributed by atoms with Crippen molar-refractivity contribution in [2.45, 2.75) is 24.8 Å². The van der Waals surface area contributed by atoms with E-state index in [0.29, 0.717) is 24.0 Å². The first-order valence-electron chi connectivity index (χ1n) is 9.89. The van der Waals surface area contributed by atoms with Crippen molar-refractivity contribution < 1.29 is 22.7 Å². The largest absolute Gasteiger partial charge is 0.489 e. The van der Waals surface area contributed by atoms with Crippen molar-refractivity contribution in [2.24, 2.45) is 0 Å². The van der Waals surface area contributed by atoms with E-state index in [1.165, 1.54) is 22.5 Å². The van der Waals surface area contributed by atoms with E-state index in [1.807, 2.05) is 19.9 Å². The van der Waals surface area contributed by atoms with Crippen molar-refractivity contribution in [3.8, 4) is 5.75 Å². The third-order valence-corrected chi connectivity index (χ3v) is 6.58. The standard InChI is InChI=1S/C22H25ClN2O5S/c1-16(2)30-21-8-7-19(31(27,28)25-10-12-29-13-11-25)15-20(21)24-22(26)9-6-17-4-3-5-18(23)14-17/h3-9,14-16H,10-13H2,1-2H3,(H,24,26)/b9-6+. The number of sulfonamides is 1. The number of benzene rings is 2. The molecule has 1 amide bonds. The number of hydrogen-bond acceptors (Lipinski definition) is 5. The Kier molecular flexibility index (Phi) is 7.72. The predicted molar refractivity (Wildman–Crippen MR) is 121 cm³/mol. The molecule has 0 bridgehead atoms. The molecule has 0 aromatic heterocycles. The fraction of sp³-hybridized carbons (Fsp3) is 0.318. The number of carbonyl (C=O) groups is 1. The molecule has 0 aliphatic carbocycles. The van der Waals surface area contributed by atoms with E-state index in [2.05, 4.69) is 5.32 Å². The Hall–Kier alpha value is -2.39. The highest BCUT2D eigenvalue weighted by atomic mass is 35.5. The van der Waals surface area contributed by atoms with Crippen LogP contribution in [-0.4, -0.2) is 51.0 Å². The number of nitrogens with zero attached hydrogens (tertiary/aromatic N) is 1. The Balaban J connectivity index is 1.85. The summed E-state index contributed by atoms with van der Waals surface area (Å²) in [6.45, 7) is 4.98. The Bertz CT molecular complexity index is 1060. The summed E-state index contributed by atoms with van der Waals surface area (Å²) >= 11 is 5.96. The molecular weight excluding hydrogens is 440 g/mol. The molecule has 0 radical (unpaired) electrons. The van der Waals surface area contributed by atoms with Gasteiger partial charge in [0.2, 0.25) is 15.9 Å². The van der Waals surface area contributed by atoms with Gasteiger partial charge in [0.05, 0.1) is 29.9 Å². The van der Waals surface area contributed by atoms with Crippen LogP contribution in [0.3, 0.4) is 0 Å². The van der Waals surface area contributed by atoms with Crippen LogP contribution < -0.4 is 10.1 Å². The maximum atomic E-state index is 13.0. The average Bonchev–Trinajstić information content (AvgIpc) is 2.74. The quantitative estimate of drug-likeness (QED) is 0.630. The molecule has 9 heteroatoms. The highest BCUT2D eigenvalue weighted by Gasteiger charge is 2.27. The van der Waals surface area contributed by atoms with Crippen molar-refractivity contribution in [1.29, 1.82) is 0 Å². The van der Waals surface area contributed by atoms with Crippen LogP contribution in [-0.2, 0) is 19.6 Å². The smallest absolute Gasteiger partial charge is 0.248 e. The molecule has 2 aromatic carbocycles. The number of amides is 1. The second-order valence-electron chi connectivity index (χ2n) is 7.22. The predicted octanol–water partition coefficient (Wildman–Crippen LogP) is 3.80. The number of morpholine rings is 1. The van der Waals surface area contributed by atoms with Crippen LogP contribution in [0.4, 0.5) is 5.69 Å². The molecule has 166 valence electrons. The number of halogens is 1. The normalized spacial score (nSPS) is 15.4. The molecule has 7 nitrogen and oxygen atoms in total. The molecule has 3 rings (SSSR count). The number of hydrogen-bond donors (Lipinski definition) is 1. The Morgan fingerprint density at radius 1 is 1.19 bits per heavy atom. The molecule has 0 atom stereocenters. The maximum absolute atomic E-state index is 13.0. The van der Waals surface area contributed by atoms with Gasteiger partial charge >= 0.3 is 0 Å². The van der Waals surface area contributed by atoms with Crippen LogP contribution >= 0.6 is 11.6 Å². The molecule has 0 spiro atoms. The van der Waals surface area contributed by atoms with E-state index in [9.17, 15) is 13.2 Å². The van der Waals surface area contributed by atoms with Gasteiger partial charge in [0.1, 0.15) is 5.75 Å². The van der Waals surface area contributed by atoms with Gasteiger partial charge in [0, 0.05) is 24.2 Å². The van der Waals surface area contributed by atoms with E-state index in [1.54, 1.807) is 30.3 Å². The number of rotatable bonds is 7. The van der Waals surface area contributed by atoms with Crippen LogP contribution in [0.2, 0.25) is 5.02 Å². The second kappa shape index (κ2) is 10.3. The van der Waals surface area contributed by atoms with Gasteiger partial charge in [-0.15, -0.1) is 0 Å². The van der Waals surface area contributed by atoms with Crippen molar-refractivity contribution in [2.75, 3.05) is 31.6 Å². The van der Waals surface area contributed by atoms with Crippen LogP contribution in [0, 0.1) is 0 Å². The number of ether oxygens (including phenoxy) is 2. The van der Waals surface area contributed by atoms with Crippen molar-refractivity contribution in [1.82, 2.24) is 4.31 Å². The first kappa shape index (κ1) is 23.3. The molecular formula is C22H25ClN2O5S.